The molecule has 0 aliphatic rings. The molecule has 0 heterocycles. The number of benzene rings is 2. The summed E-state index contributed by atoms with van der Waals surface area (Å²) in [6.45, 7) is 0. The molecular weight excluding hydrogens is 240 g/mol. The first-order chi connectivity index (χ1) is 8.11. The molecule has 2 rings (SSSR count). The molecule has 1 atom stereocenters. The van der Waals surface area contributed by atoms with E-state index in [1.165, 1.54) is 6.07 Å². The summed E-state index contributed by atoms with van der Waals surface area (Å²) in [6, 6.07) is 11.1. The molecule has 17 heavy (non-hydrogen) atoms. The minimum Gasteiger partial charge on any atom is -0.755 e. The number of primary amides is 1. The van der Waals surface area contributed by atoms with Crippen LogP contribution in [0.1, 0.15) is 0 Å². The van der Waals surface area contributed by atoms with Gasteiger partial charge in [0.2, 0.25) is 0 Å². The summed E-state index contributed by atoms with van der Waals surface area (Å²) in [5, 5.41) is 1.49. The van der Waals surface area contributed by atoms with Crippen molar-refractivity contribution in [2.75, 3.05) is 4.31 Å². The molecule has 6 heteroatoms. The number of hydrogen-bond donors (Lipinski definition) is 1. The van der Waals surface area contributed by atoms with Gasteiger partial charge < -0.3 is 10.3 Å². The number of rotatable bonds is 2. The van der Waals surface area contributed by atoms with Gasteiger partial charge in [0.1, 0.15) is 0 Å². The third-order valence-electron chi connectivity index (χ3n) is 2.33. The number of carbonyl (C=O) groups excluding carboxylic acids is 1. The maximum absolute atomic E-state index is 11.1. The van der Waals surface area contributed by atoms with E-state index in [-0.39, 0.29) is 5.69 Å². The lowest BCUT2D eigenvalue weighted by Gasteiger charge is -2.23. The lowest BCUT2D eigenvalue weighted by molar-refractivity contribution is 0.256. The predicted molar refractivity (Wildman–Crippen MR) is 64.9 cm³/mol. The Morgan fingerprint density at radius 1 is 1.18 bits per heavy atom. The summed E-state index contributed by atoms with van der Waals surface area (Å²) in [5.74, 6) is 0. The van der Waals surface area contributed by atoms with Crippen molar-refractivity contribution in [2.24, 2.45) is 5.73 Å². The largest absolute Gasteiger partial charge is 0.755 e. The van der Waals surface area contributed by atoms with Crippen LogP contribution in [0.15, 0.2) is 42.5 Å². The van der Waals surface area contributed by atoms with Crippen molar-refractivity contribution >= 4 is 33.8 Å². The molecule has 0 saturated heterocycles. The van der Waals surface area contributed by atoms with Crippen LogP contribution < -0.4 is 10.0 Å². The third-order valence-corrected chi connectivity index (χ3v) is 3.01. The third kappa shape index (κ3) is 2.13. The van der Waals surface area contributed by atoms with Crippen LogP contribution in [0.5, 0.6) is 0 Å². The van der Waals surface area contributed by atoms with E-state index >= 15 is 0 Å². The lowest BCUT2D eigenvalue weighted by Crippen LogP contribution is -2.37. The van der Waals surface area contributed by atoms with E-state index in [1.54, 1.807) is 18.2 Å². The summed E-state index contributed by atoms with van der Waals surface area (Å²) in [5.41, 5.74) is 5.31. The standard InChI is InChI=1S/C11H10N2O3S/c12-11(14)13(17(15)16)10-7-3-5-8-4-1-2-6-9(8)10/h1-7H,(H2,12,14)(H,15,16)/p-1. The number of fused-ring (bicyclic) bond motifs is 1. The molecule has 2 aromatic carbocycles. The Kier molecular flexibility index (Phi) is 3.08. The van der Waals surface area contributed by atoms with Crippen LogP contribution in [0.2, 0.25) is 0 Å². The van der Waals surface area contributed by atoms with Crippen molar-refractivity contribution in [2.45, 2.75) is 0 Å². The topological polar surface area (TPSA) is 86.5 Å². The Morgan fingerprint density at radius 3 is 2.47 bits per heavy atom. The van der Waals surface area contributed by atoms with Gasteiger partial charge in [0.25, 0.3) is 0 Å². The highest BCUT2D eigenvalue weighted by Gasteiger charge is 2.15. The molecule has 0 spiro atoms. The first-order valence-corrected chi connectivity index (χ1v) is 5.81. The maximum Gasteiger partial charge on any atom is 0.330 e. The minimum absolute atomic E-state index is 0.254. The van der Waals surface area contributed by atoms with Crippen LogP contribution in [-0.4, -0.2) is 14.8 Å². The number of hydrogen-bond acceptors (Lipinski definition) is 3. The zero-order valence-corrected chi connectivity index (χ0v) is 9.52. The average Bonchev–Trinajstić information content (AvgIpc) is 2.28. The Labute approximate surface area is 100 Å². The summed E-state index contributed by atoms with van der Waals surface area (Å²) >= 11 is -2.73. The first kappa shape index (κ1) is 11.6. The van der Waals surface area contributed by atoms with E-state index in [0.29, 0.717) is 9.69 Å². The van der Waals surface area contributed by atoms with Crippen molar-refractivity contribution in [3.63, 3.8) is 0 Å². The Bertz CT molecular complexity index is 581. The van der Waals surface area contributed by atoms with E-state index in [2.05, 4.69) is 0 Å². The lowest BCUT2D eigenvalue weighted by atomic mass is 10.1. The molecule has 0 aromatic heterocycles. The van der Waals surface area contributed by atoms with E-state index in [4.69, 9.17) is 5.73 Å². The van der Waals surface area contributed by atoms with Gasteiger partial charge in [-0.1, -0.05) is 36.4 Å². The van der Waals surface area contributed by atoms with E-state index in [1.807, 2.05) is 18.2 Å². The molecule has 0 aliphatic carbocycles. The highest BCUT2D eigenvalue weighted by Crippen LogP contribution is 2.27. The van der Waals surface area contributed by atoms with Gasteiger partial charge in [-0.15, -0.1) is 0 Å². The average molecular weight is 249 g/mol. The number of nitrogens with two attached hydrogens (primary N) is 1. The van der Waals surface area contributed by atoms with E-state index in [9.17, 15) is 13.6 Å². The molecule has 0 bridgehead atoms. The predicted octanol–water partition coefficient (Wildman–Crippen LogP) is 1.52. The van der Waals surface area contributed by atoms with Crippen LogP contribution in [-0.2, 0) is 11.3 Å². The molecule has 5 nitrogen and oxygen atoms in total. The zero-order valence-electron chi connectivity index (χ0n) is 8.70. The highest BCUT2D eigenvalue weighted by molar-refractivity contribution is 7.81. The van der Waals surface area contributed by atoms with Crippen LogP contribution >= 0.6 is 0 Å². The first-order valence-electron chi connectivity index (χ1n) is 4.78. The molecule has 0 fully saturated rings. The molecular formula is C11H9N2O3S-. The molecule has 1 unspecified atom stereocenters. The van der Waals surface area contributed by atoms with Gasteiger partial charge in [-0.2, -0.15) is 0 Å². The molecule has 2 N–H and O–H groups in total. The number of nitrogens with zero attached hydrogens (tertiary/aromatic N) is 1. The van der Waals surface area contributed by atoms with Crippen LogP contribution in [0.3, 0.4) is 0 Å². The van der Waals surface area contributed by atoms with Gasteiger partial charge in [0.15, 0.2) is 0 Å². The smallest absolute Gasteiger partial charge is 0.330 e. The SMILES string of the molecule is NC(=O)N(c1cccc2ccccc12)S(=O)[O-]. The fraction of sp³-hybridized carbons (Fsp3) is 0. The fourth-order valence-corrected chi connectivity index (χ4v) is 2.12. The van der Waals surface area contributed by atoms with Crippen molar-refractivity contribution < 1.29 is 13.6 Å². The van der Waals surface area contributed by atoms with Crippen molar-refractivity contribution in [1.82, 2.24) is 0 Å². The molecule has 0 saturated carbocycles. The second kappa shape index (κ2) is 4.52. The van der Waals surface area contributed by atoms with Gasteiger partial charge in [-0.3, -0.25) is 4.21 Å². The van der Waals surface area contributed by atoms with Crippen molar-refractivity contribution in [3.8, 4) is 0 Å². The Morgan fingerprint density at radius 2 is 1.82 bits per heavy atom. The van der Waals surface area contributed by atoms with E-state index in [0.717, 1.165) is 5.39 Å². The second-order valence-corrected chi connectivity index (χ2v) is 4.15. The van der Waals surface area contributed by atoms with Crippen LogP contribution in [0, 0.1) is 0 Å². The normalized spacial score (nSPS) is 12.3. The minimum atomic E-state index is -2.73. The van der Waals surface area contributed by atoms with Gasteiger partial charge in [0.05, 0.1) is 17.0 Å². The molecule has 0 aliphatic heterocycles. The van der Waals surface area contributed by atoms with E-state index < -0.39 is 17.3 Å². The molecule has 2 amide bonds. The summed E-state index contributed by atoms with van der Waals surface area (Å²) in [6.07, 6.45) is 0. The summed E-state index contributed by atoms with van der Waals surface area (Å²) < 4.78 is 22.6. The monoisotopic (exact) mass is 249 g/mol. The number of urea groups is 1. The van der Waals surface area contributed by atoms with Gasteiger partial charge in [-0.05, 0) is 11.5 Å². The summed E-state index contributed by atoms with van der Waals surface area (Å²) in [4.78, 5) is 11.1. The maximum atomic E-state index is 11.1. The Hall–Kier alpha value is -1.92. The molecule has 88 valence electrons. The summed E-state index contributed by atoms with van der Waals surface area (Å²) in [7, 11) is 0. The zero-order chi connectivity index (χ0) is 12.4. The van der Waals surface area contributed by atoms with Gasteiger partial charge in [-0.25, -0.2) is 9.10 Å². The Balaban J connectivity index is 2.69. The van der Waals surface area contributed by atoms with Crippen LogP contribution in [0.25, 0.3) is 10.8 Å². The molecule has 2 aromatic rings. The van der Waals surface area contributed by atoms with Gasteiger partial charge >= 0.3 is 6.03 Å². The fourth-order valence-electron chi connectivity index (χ4n) is 1.66. The van der Waals surface area contributed by atoms with Crippen LogP contribution in [0.4, 0.5) is 10.5 Å². The van der Waals surface area contributed by atoms with Crippen molar-refractivity contribution in [1.29, 1.82) is 0 Å². The highest BCUT2D eigenvalue weighted by atomic mass is 32.2. The number of anilines is 1. The van der Waals surface area contributed by atoms with Crippen molar-refractivity contribution in [3.05, 3.63) is 42.5 Å². The second-order valence-electron chi connectivity index (χ2n) is 3.35. The molecule has 0 radical (unpaired) electrons. The number of amides is 2. The number of carbonyl (C=O) groups is 1. The van der Waals surface area contributed by atoms with Gasteiger partial charge in [0, 0.05) is 5.39 Å². The quantitative estimate of drug-likeness (QED) is 0.818.